The lowest BCUT2D eigenvalue weighted by Crippen LogP contribution is -2.03. The molecule has 2 rings (SSSR count). The average molecular weight is 273 g/mol. The normalized spacial score (nSPS) is 10.2. The topological polar surface area (TPSA) is 56.3 Å². The van der Waals surface area contributed by atoms with Gasteiger partial charge in [-0.15, -0.1) is 0 Å². The Balaban J connectivity index is 2.56. The highest BCUT2D eigenvalue weighted by Crippen LogP contribution is 2.36. The maximum absolute atomic E-state index is 5.44. The SMILES string of the molecule is CCNc1cc(C)nc(-c2cccc(OC)c2OC)n1. The van der Waals surface area contributed by atoms with E-state index in [0.29, 0.717) is 17.3 Å². The van der Waals surface area contributed by atoms with E-state index in [9.17, 15) is 0 Å². The van der Waals surface area contributed by atoms with E-state index >= 15 is 0 Å². The Morgan fingerprint density at radius 1 is 1.15 bits per heavy atom. The first-order chi connectivity index (χ1) is 9.69. The third kappa shape index (κ3) is 2.82. The number of aromatic nitrogens is 2. The van der Waals surface area contributed by atoms with Gasteiger partial charge < -0.3 is 14.8 Å². The summed E-state index contributed by atoms with van der Waals surface area (Å²) in [6.45, 7) is 4.78. The third-order valence-corrected chi connectivity index (χ3v) is 2.86. The zero-order chi connectivity index (χ0) is 14.5. The van der Waals surface area contributed by atoms with Crippen molar-refractivity contribution >= 4 is 5.82 Å². The number of aryl methyl sites for hydroxylation is 1. The maximum atomic E-state index is 5.44. The zero-order valence-electron chi connectivity index (χ0n) is 12.2. The van der Waals surface area contributed by atoms with Gasteiger partial charge in [-0.05, 0) is 26.0 Å². The van der Waals surface area contributed by atoms with E-state index < -0.39 is 0 Å². The minimum atomic E-state index is 0.622. The Labute approximate surface area is 119 Å². The number of hydrogen-bond donors (Lipinski definition) is 1. The van der Waals surface area contributed by atoms with Gasteiger partial charge >= 0.3 is 0 Å². The molecule has 1 aromatic carbocycles. The number of nitrogens with zero attached hydrogens (tertiary/aromatic N) is 2. The lowest BCUT2D eigenvalue weighted by molar-refractivity contribution is 0.356. The predicted octanol–water partition coefficient (Wildman–Crippen LogP) is 2.90. The van der Waals surface area contributed by atoms with Gasteiger partial charge in [-0.3, -0.25) is 0 Å². The van der Waals surface area contributed by atoms with Crippen LogP contribution in [0.4, 0.5) is 5.82 Å². The second-order valence-electron chi connectivity index (χ2n) is 4.29. The molecule has 106 valence electrons. The van der Waals surface area contributed by atoms with Gasteiger partial charge in [-0.2, -0.15) is 0 Å². The summed E-state index contributed by atoms with van der Waals surface area (Å²) in [4.78, 5) is 9.00. The number of rotatable bonds is 5. The smallest absolute Gasteiger partial charge is 0.171 e. The molecular weight excluding hydrogens is 254 g/mol. The summed E-state index contributed by atoms with van der Waals surface area (Å²) in [6, 6.07) is 7.59. The van der Waals surface area contributed by atoms with Crippen LogP contribution in [0.25, 0.3) is 11.4 Å². The quantitative estimate of drug-likeness (QED) is 0.907. The summed E-state index contributed by atoms with van der Waals surface area (Å²) >= 11 is 0. The third-order valence-electron chi connectivity index (χ3n) is 2.86. The summed E-state index contributed by atoms with van der Waals surface area (Å²) in [5.41, 5.74) is 1.71. The molecule has 0 saturated carbocycles. The molecule has 0 radical (unpaired) electrons. The van der Waals surface area contributed by atoms with E-state index in [-0.39, 0.29) is 0 Å². The van der Waals surface area contributed by atoms with E-state index in [2.05, 4.69) is 15.3 Å². The summed E-state index contributed by atoms with van der Waals surface area (Å²) < 4.78 is 10.7. The number of benzene rings is 1. The predicted molar refractivity (Wildman–Crippen MR) is 79.5 cm³/mol. The van der Waals surface area contributed by atoms with Crippen LogP contribution in [0, 0.1) is 6.92 Å². The van der Waals surface area contributed by atoms with Crippen LogP contribution in [0.5, 0.6) is 11.5 Å². The largest absolute Gasteiger partial charge is 0.493 e. The minimum absolute atomic E-state index is 0.622. The molecule has 0 aliphatic carbocycles. The Morgan fingerprint density at radius 2 is 1.95 bits per heavy atom. The molecule has 0 amide bonds. The number of methoxy groups -OCH3 is 2. The van der Waals surface area contributed by atoms with E-state index in [1.54, 1.807) is 14.2 Å². The van der Waals surface area contributed by atoms with Crippen molar-refractivity contribution in [1.82, 2.24) is 9.97 Å². The molecule has 0 saturated heterocycles. The molecule has 1 N–H and O–H groups in total. The fourth-order valence-electron chi connectivity index (χ4n) is 2.02. The summed E-state index contributed by atoms with van der Waals surface area (Å²) in [6.07, 6.45) is 0. The Hall–Kier alpha value is -2.30. The fraction of sp³-hybridized carbons (Fsp3) is 0.333. The second-order valence-corrected chi connectivity index (χ2v) is 4.29. The number of anilines is 1. The molecule has 0 aliphatic heterocycles. The van der Waals surface area contributed by atoms with Gasteiger partial charge in [-0.1, -0.05) is 6.07 Å². The molecule has 0 spiro atoms. The van der Waals surface area contributed by atoms with Crippen LogP contribution in [-0.4, -0.2) is 30.7 Å². The number of hydrogen-bond acceptors (Lipinski definition) is 5. The second kappa shape index (κ2) is 6.23. The van der Waals surface area contributed by atoms with Crippen LogP contribution in [0.2, 0.25) is 0 Å². The highest BCUT2D eigenvalue weighted by Gasteiger charge is 2.14. The van der Waals surface area contributed by atoms with Crippen LogP contribution in [-0.2, 0) is 0 Å². The van der Waals surface area contributed by atoms with Crippen LogP contribution >= 0.6 is 0 Å². The number of para-hydroxylation sites is 1. The molecular formula is C15H19N3O2. The van der Waals surface area contributed by atoms with Gasteiger partial charge in [0.15, 0.2) is 17.3 Å². The fourth-order valence-corrected chi connectivity index (χ4v) is 2.02. The van der Waals surface area contributed by atoms with Gasteiger partial charge in [0.05, 0.1) is 19.8 Å². The van der Waals surface area contributed by atoms with Crippen LogP contribution in [0.3, 0.4) is 0 Å². The molecule has 0 fully saturated rings. The molecule has 5 nitrogen and oxygen atoms in total. The van der Waals surface area contributed by atoms with Crippen molar-refractivity contribution in [2.24, 2.45) is 0 Å². The summed E-state index contributed by atoms with van der Waals surface area (Å²) in [5, 5.41) is 3.20. The zero-order valence-corrected chi connectivity index (χ0v) is 12.2. The van der Waals surface area contributed by atoms with Crippen molar-refractivity contribution in [3.8, 4) is 22.9 Å². The van der Waals surface area contributed by atoms with Crippen molar-refractivity contribution < 1.29 is 9.47 Å². The minimum Gasteiger partial charge on any atom is -0.493 e. The standard InChI is InChI=1S/C15H19N3O2/c1-5-16-13-9-10(2)17-15(18-13)11-7-6-8-12(19-3)14(11)20-4/h6-9H,5H2,1-4H3,(H,16,17,18). The molecule has 1 aromatic heterocycles. The molecule has 0 unspecified atom stereocenters. The molecule has 0 aliphatic rings. The molecule has 20 heavy (non-hydrogen) atoms. The summed E-state index contributed by atoms with van der Waals surface area (Å²) in [7, 11) is 3.23. The van der Waals surface area contributed by atoms with E-state index in [4.69, 9.17) is 9.47 Å². The van der Waals surface area contributed by atoms with Crippen LogP contribution < -0.4 is 14.8 Å². The molecule has 1 heterocycles. The van der Waals surface area contributed by atoms with Gasteiger partial charge in [-0.25, -0.2) is 9.97 Å². The first kappa shape index (κ1) is 14.1. The Bertz CT molecular complexity index is 600. The lowest BCUT2D eigenvalue weighted by Gasteiger charge is -2.13. The van der Waals surface area contributed by atoms with Gasteiger partial charge in [0.2, 0.25) is 0 Å². The maximum Gasteiger partial charge on any atom is 0.171 e. The van der Waals surface area contributed by atoms with Crippen LogP contribution in [0.15, 0.2) is 24.3 Å². The van der Waals surface area contributed by atoms with Crippen molar-refractivity contribution in [2.75, 3.05) is 26.1 Å². The van der Waals surface area contributed by atoms with Crippen LogP contribution in [0.1, 0.15) is 12.6 Å². The Kier molecular flexibility index (Phi) is 4.40. The monoisotopic (exact) mass is 273 g/mol. The molecule has 2 aromatic rings. The average Bonchev–Trinajstić information content (AvgIpc) is 2.46. The molecule has 0 atom stereocenters. The van der Waals surface area contributed by atoms with E-state index in [1.165, 1.54) is 0 Å². The number of ether oxygens (including phenoxy) is 2. The highest BCUT2D eigenvalue weighted by atomic mass is 16.5. The van der Waals surface area contributed by atoms with E-state index in [1.807, 2.05) is 38.1 Å². The molecule has 5 heteroatoms. The van der Waals surface area contributed by atoms with Crippen molar-refractivity contribution in [3.05, 3.63) is 30.0 Å². The number of nitrogens with one attached hydrogen (secondary N) is 1. The summed E-state index contributed by atoms with van der Waals surface area (Å²) in [5.74, 6) is 2.74. The lowest BCUT2D eigenvalue weighted by atomic mass is 10.1. The van der Waals surface area contributed by atoms with Crippen molar-refractivity contribution in [1.29, 1.82) is 0 Å². The van der Waals surface area contributed by atoms with Crippen molar-refractivity contribution in [2.45, 2.75) is 13.8 Å². The van der Waals surface area contributed by atoms with E-state index in [0.717, 1.165) is 23.6 Å². The first-order valence-corrected chi connectivity index (χ1v) is 6.50. The van der Waals surface area contributed by atoms with Gasteiger partial charge in [0, 0.05) is 18.3 Å². The highest BCUT2D eigenvalue weighted by molar-refractivity contribution is 5.69. The first-order valence-electron chi connectivity index (χ1n) is 6.50. The molecule has 0 bridgehead atoms. The van der Waals surface area contributed by atoms with Crippen molar-refractivity contribution in [3.63, 3.8) is 0 Å². The Morgan fingerprint density at radius 3 is 2.60 bits per heavy atom. The van der Waals surface area contributed by atoms with Gasteiger partial charge in [0.25, 0.3) is 0 Å². The van der Waals surface area contributed by atoms with Gasteiger partial charge in [0.1, 0.15) is 5.82 Å².